The molecule has 0 saturated carbocycles. The number of para-hydroxylation sites is 1. The molecule has 2 heteroatoms. The van der Waals surface area contributed by atoms with Crippen molar-refractivity contribution < 1.29 is 4.79 Å². The Balaban J connectivity index is 2.75. The lowest BCUT2D eigenvalue weighted by molar-refractivity contribution is -0.119. The summed E-state index contributed by atoms with van der Waals surface area (Å²) in [6.07, 6.45) is 0.596. The maximum Gasteiger partial charge on any atom is 0.154 e. The van der Waals surface area contributed by atoms with Crippen molar-refractivity contribution in [3.8, 4) is 0 Å². The summed E-state index contributed by atoms with van der Waals surface area (Å²) >= 11 is 0. The van der Waals surface area contributed by atoms with Crippen LogP contribution < -0.4 is 4.90 Å². The quantitative estimate of drug-likeness (QED) is 0.728. The van der Waals surface area contributed by atoms with Crippen LogP contribution in [-0.2, 0) is 4.79 Å². The molecule has 0 radical (unpaired) electrons. The van der Waals surface area contributed by atoms with Crippen LogP contribution in [0.3, 0.4) is 0 Å². The summed E-state index contributed by atoms with van der Waals surface area (Å²) in [6.45, 7) is 3.84. The number of likely N-dealkylation sites (N-methyl/N-ethyl adjacent to an activating group) is 1. The fraction of sp³-hybridized carbons (Fsp3) is 0.417. The van der Waals surface area contributed by atoms with Crippen LogP contribution in [0.5, 0.6) is 0 Å². The third-order valence-corrected chi connectivity index (χ3v) is 2.56. The van der Waals surface area contributed by atoms with E-state index in [1.807, 2.05) is 56.1 Å². The van der Waals surface area contributed by atoms with Crippen LogP contribution in [-0.4, -0.2) is 18.9 Å². The third kappa shape index (κ3) is 2.34. The molecule has 0 N–H and O–H groups in total. The fourth-order valence-corrected chi connectivity index (χ4v) is 1.40. The summed E-state index contributed by atoms with van der Waals surface area (Å²) in [7, 11) is 1.95. The largest absolute Gasteiger partial charge is 0.365 e. The molecule has 1 aromatic rings. The number of hydrogen-bond acceptors (Lipinski definition) is 2. The molecule has 0 fully saturated rings. The number of carbonyl (C=O) groups excluding carboxylic acids is 1. The number of rotatable bonds is 4. The highest BCUT2D eigenvalue weighted by atomic mass is 16.1. The van der Waals surface area contributed by atoms with Crippen molar-refractivity contribution >= 4 is 11.5 Å². The maximum absolute atomic E-state index is 11.5. The van der Waals surface area contributed by atoms with Crippen molar-refractivity contribution in [1.29, 1.82) is 0 Å². The van der Waals surface area contributed by atoms with E-state index in [0.29, 0.717) is 6.42 Å². The van der Waals surface area contributed by atoms with E-state index in [9.17, 15) is 4.79 Å². The first kappa shape index (κ1) is 10.8. The van der Waals surface area contributed by atoms with Gasteiger partial charge < -0.3 is 4.90 Å². The number of hydrogen-bond donors (Lipinski definition) is 0. The van der Waals surface area contributed by atoms with Gasteiger partial charge in [0.05, 0.1) is 6.04 Å². The van der Waals surface area contributed by atoms with Crippen molar-refractivity contribution in [2.24, 2.45) is 0 Å². The summed E-state index contributed by atoms with van der Waals surface area (Å²) in [5.74, 6) is 0.274. The number of ketones is 1. The second kappa shape index (κ2) is 4.80. The molecule has 0 amide bonds. The average Bonchev–Trinajstić information content (AvgIpc) is 2.27. The molecule has 0 saturated heterocycles. The van der Waals surface area contributed by atoms with Gasteiger partial charge in [-0.2, -0.15) is 0 Å². The fourth-order valence-electron chi connectivity index (χ4n) is 1.40. The van der Waals surface area contributed by atoms with E-state index in [1.54, 1.807) is 0 Å². The number of carbonyl (C=O) groups is 1. The van der Waals surface area contributed by atoms with E-state index in [1.165, 1.54) is 0 Å². The Hall–Kier alpha value is -1.31. The van der Waals surface area contributed by atoms with Crippen molar-refractivity contribution in [2.75, 3.05) is 11.9 Å². The van der Waals surface area contributed by atoms with Gasteiger partial charge in [0, 0.05) is 19.2 Å². The van der Waals surface area contributed by atoms with Crippen LogP contribution in [0.25, 0.3) is 0 Å². The third-order valence-electron chi connectivity index (χ3n) is 2.56. The minimum absolute atomic E-state index is 0.0394. The van der Waals surface area contributed by atoms with Crippen LogP contribution in [0.1, 0.15) is 20.3 Å². The standard InChI is InChI=1S/C12H17NO/c1-4-12(14)10(2)13(3)11-8-6-5-7-9-11/h5-10H,4H2,1-3H3/t10-/m1/s1. The second-order valence-corrected chi connectivity index (χ2v) is 3.44. The van der Waals surface area contributed by atoms with Crippen molar-refractivity contribution in [3.63, 3.8) is 0 Å². The normalized spacial score (nSPS) is 12.2. The number of nitrogens with zero attached hydrogens (tertiary/aromatic N) is 1. The molecule has 0 aliphatic rings. The summed E-state index contributed by atoms with van der Waals surface area (Å²) in [4.78, 5) is 13.5. The lowest BCUT2D eigenvalue weighted by Gasteiger charge is -2.25. The first-order valence-electron chi connectivity index (χ1n) is 4.97. The Morgan fingerprint density at radius 3 is 2.43 bits per heavy atom. The predicted octanol–water partition coefficient (Wildman–Crippen LogP) is 2.49. The molecule has 0 aliphatic carbocycles. The molecule has 2 nitrogen and oxygen atoms in total. The average molecular weight is 191 g/mol. The van der Waals surface area contributed by atoms with Gasteiger partial charge in [0.2, 0.25) is 0 Å². The summed E-state index contributed by atoms with van der Waals surface area (Å²) < 4.78 is 0. The van der Waals surface area contributed by atoms with Gasteiger partial charge >= 0.3 is 0 Å². The van der Waals surface area contributed by atoms with Crippen molar-refractivity contribution in [1.82, 2.24) is 0 Å². The number of benzene rings is 1. The van der Waals surface area contributed by atoms with Crippen LogP contribution in [0.15, 0.2) is 30.3 Å². The van der Waals surface area contributed by atoms with Gasteiger partial charge in [-0.05, 0) is 19.1 Å². The van der Waals surface area contributed by atoms with Gasteiger partial charge in [-0.3, -0.25) is 4.79 Å². The van der Waals surface area contributed by atoms with E-state index in [2.05, 4.69) is 0 Å². The monoisotopic (exact) mass is 191 g/mol. The highest BCUT2D eigenvalue weighted by Gasteiger charge is 2.15. The Bertz CT molecular complexity index is 294. The first-order valence-corrected chi connectivity index (χ1v) is 4.97. The van der Waals surface area contributed by atoms with E-state index in [-0.39, 0.29) is 11.8 Å². The topological polar surface area (TPSA) is 20.3 Å². The highest BCUT2D eigenvalue weighted by Crippen LogP contribution is 2.14. The van der Waals surface area contributed by atoms with E-state index >= 15 is 0 Å². The van der Waals surface area contributed by atoms with Crippen molar-refractivity contribution in [2.45, 2.75) is 26.3 Å². The number of Topliss-reactive ketones (excluding diaryl/α,β-unsaturated/α-hetero) is 1. The molecule has 0 bridgehead atoms. The molecule has 76 valence electrons. The minimum Gasteiger partial charge on any atom is -0.365 e. The van der Waals surface area contributed by atoms with Crippen LogP contribution in [0.4, 0.5) is 5.69 Å². The van der Waals surface area contributed by atoms with E-state index in [0.717, 1.165) is 5.69 Å². The molecule has 0 spiro atoms. The minimum atomic E-state index is -0.0394. The predicted molar refractivity (Wildman–Crippen MR) is 59.6 cm³/mol. The van der Waals surface area contributed by atoms with Gasteiger partial charge in [0.1, 0.15) is 0 Å². The molecule has 0 aliphatic heterocycles. The Morgan fingerprint density at radius 2 is 1.93 bits per heavy atom. The zero-order valence-corrected chi connectivity index (χ0v) is 9.03. The molecule has 1 atom stereocenters. The zero-order valence-electron chi connectivity index (χ0n) is 9.03. The summed E-state index contributed by atoms with van der Waals surface area (Å²) in [5.41, 5.74) is 1.09. The van der Waals surface area contributed by atoms with Gasteiger partial charge in [-0.15, -0.1) is 0 Å². The smallest absolute Gasteiger partial charge is 0.154 e. The van der Waals surface area contributed by atoms with Gasteiger partial charge in [0.25, 0.3) is 0 Å². The number of anilines is 1. The first-order chi connectivity index (χ1) is 6.66. The van der Waals surface area contributed by atoms with Crippen LogP contribution in [0.2, 0.25) is 0 Å². The molecule has 1 aromatic carbocycles. The second-order valence-electron chi connectivity index (χ2n) is 3.44. The maximum atomic E-state index is 11.5. The molecule has 0 unspecified atom stereocenters. The van der Waals surface area contributed by atoms with Gasteiger partial charge in [-0.1, -0.05) is 25.1 Å². The Kier molecular flexibility index (Phi) is 3.69. The molecule has 0 aromatic heterocycles. The van der Waals surface area contributed by atoms with Crippen LogP contribution in [0, 0.1) is 0 Å². The SMILES string of the molecule is CCC(=O)[C@@H](C)N(C)c1ccccc1. The highest BCUT2D eigenvalue weighted by molar-refractivity contribution is 5.86. The zero-order chi connectivity index (χ0) is 10.6. The summed E-state index contributed by atoms with van der Waals surface area (Å²) in [5, 5.41) is 0. The van der Waals surface area contributed by atoms with Gasteiger partial charge in [0.15, 0.2) is 5.78 Å². The van der Waals surface area contributed by atoms with E-state index < -0.39 is 0 Å². The lowest BCUT2D eigenvalue weighted by Crippen LogP contribution is -2.35. The molecule has 14 heavy (non-hydrogen) atoms. The molecular formula is C12H17NO. The van der Waals surface area contributed by atoms with Crippen molar-refractivity contribution in [3.05, 3.63) is 30.3 Å². The molecule has 0 heterocycles. The summed E-state index contributed by atoms with van der Waals surface area (Å²) in [6, 6.07) is 9.93. The Morgan fingerprint density at radius 1 is 1.36 bits per heavy atom. The molecular weight excluding hydrogens is 174 g/mol. The van der Waals surface area contributed by atoms with Crippen LogP contribution >= 0.6 is 0 Å². The van der Waals surface area contributed by atoms with E-state index in [4.69, 9.17) is 0 Å². The Labute approximate surface area is 85.5 Å². The lowest BCUT2D eigenvalue weighted by atomic mass is 10.1. The van der Waals surface area contributed by atoms with Gasteiger partial charge in [-0.25, -0.2) is 0 Å². The molecule has 1 rings (SSSR count).